The molecule has 0 unspecified atom stereocenters. The Morgan fingerprint density at radius 2 is 0.981 bits per heavy atom. The molecule has 12 aromatic rings. The Morgan fingerprint density at radius 1 is 0.377 bits per heavy atom. The lowest BCUT2D eigenvalue weighted by atomic mass is 10.0. The first-order chi connectivity index (χ1) is 26.2. The van der Waals surface area contributed by atoms with E-state index in [1.807, 2.05) is 23.5 Å². The Balaban J connectivity index is 1.07. The molecule has 4 heteroatoms. The Labute approximate surface area is 308 Å². The van der Waals surface area contributed by atoms with Crippen molar-refractivity contribution in [2.75, 3.05) is 0 Å². The third kappa shape index (κ3) is 4.15. The average Bonchev–Trinajstić information content (AvgIpc) is 3.94. The third-order valence-corrected chi connectivity index (χ3v) is 12.3. The number of aryl methyl sites for hydroxylation is 1. The number of para-hydroxylation sites is 2. The summed E-state index contributed by atoms with van der Waals surface area (Å²) in [6, 6.07) is 60.1. The second-order valence-corrected chi connectivity index (χ2v) is 15.3. The van der Waals surface area contributed by atoms with Crippen molar-refractivity contribution in [2.24, 2.45) is 0 Å². The zero-order valence-electron chi connectivity index (χ0n) is 28.8. The van der Waals surface area contributed by atoms with Crippen molar-refractivity contribution in [3.8, 4) is 22.5 Å². The van der Waals surface area contributed by atoms with Gasteiger partial charge < -0.3 is 13.6 Å². The molecule has 0 N–H and O–H groups in total. The average molecular weight is 695 g/mol. The Morgan fingerprint density at radius 3 is 1.89 bits per heavy atom. The number of aromatic nitrogens is 2. The zero-order valence-corrected chi connectivity index (χ0v) is 29.6. The fourth-order valence-corrected chi connectivity index (χ4v) is 9.82. The molecule has 8 aromatic carbocycles. The third-order valence-electron chi connectivity index (χ3n) is 11.2. The number of benzene rings is 8. The van der Waals surface area contributed by atoms with E-state index in [-0.39, 0.29) is 0 Å². The van der Waals surface area contributed by atoms with Gasteiger partial charge in [0, 0.05) is 63.9 Å². The first kappa shape index (κ1) is 29.0. The van der Waals surface area contributed by atoms with Crippen molar-refractivity contribution in [3.05, 3.63) is 169 Å². The number of hydrogen-bond donors (Lipinski definition) is 0. The van der Waals surface area contributed by atoms with Crippen LogP contribution < -0.4 is 0 Å². The van der Waals surface area contributed by atoms with E-state index in [4.69, 9.17) is 4.42 Å². The highest BCUT2D eigenvalue weighted by molar-refractivity contribution is 7.25. The lowest BCUT2D eigenvalue weighted by Gasteiger charge is -2.10. The van der Waals surface area contributed by atoms with Gasteiger partial charge in [0.15, 0.2) is 0 Å². The van der Waals surface area contributed by atoms with Crippen molar-refractivity contribution in [2.45, 2.75) is 6.92 Å². The topological polar surface area (TPSA) is 23.0 Å². The number of nitrogens with zero attached hydrogens (tertiary/aromatic N) is 2. The molecular formula is C49H30N2OS. The molecule has 12 rings (SSSR count). The number of fused-ring (bicyclic) bond motifs is 12. The maximum absolute atomic E-state index is 6.20. The van der Waals surface area contributed by atoms with Gasteiger partial charge in [0.2, 0.25) is 0 Å². The lowest BCUT2D eigenvalue weighted by molar-refractivity contribution is 0.669. The summed E-state index contributed by atoms with van der Waals surface area (Å²) in [5.41, 5.74) is 12.6. The van der Waals surface area contributed by atoms with Crippen molar-refractivity contribution >= 4 is 97.1 Å². The van der Waals surface area contributed by atoms with Gasteiger partial charge in [0.05, 0.1) is 22.1 Å². The fourth-order valence-electron chi connectivity index (χ4n) is 8.73. The predicted molar refractivity (Wildman–Crippen MR) is 225 cm³/mol. The Bertz CT molecular complexity index is 3480. The first-order valence-corrected chi connectivity index (χ1v) is 18.9. The van der Waals surface area contributed by atoms with Gasteiger partial charge in [0.1, 0.15) is 11.2 Å². The molecule has 0 radical (unpaired) electrons. The molecule has 0 atom stereocenters. The molecule has 0 amide bonds. The molecule has 248 valence electrons. The normalized spacial score (nSPS) is 12.2. The van der Waals surface area contributed by atoms with E-state index in [0.717, 1.165) is 27.6 Å². The second kappa shape index (κ2) is 10.7. The largest absolute Gasteiger partial charge is 0.456 e. The van der Waals surface area contributed by atoms with Crippen LogP contribution in [0.15, 0.2) is 168 Å². The maximum Gasteiger partial charge on any atom is 0.135 e. The molecule has 4 heterocycles. The van der Waals surface area contributed by atoms with E-state index >= 15 is 0 Å². The van der Waals surface area contributed by atoms with E-state index in [9.17, 15) is 0 Å². The monoisotopic (exact) mass is 694 g/mol. The molecule has 4 aromatic heterocycles. The van der Waals surface area contributed by atoms with Crippen molar-refractivity contribution in [3.63, 3.8) is 0 Å². The maximum atomic E-state index is 6.20. The summed E-state index contributed by atoms with van der Waals surface area (Å²) in [6.45, 7) is 2.19. The molecule has 0 saturated carbocycles. The van der Waals surface area contributed by atoms with Gasteiger partial charge in [-0.2, -0.15) is 0 Å². The van der Waals surface area contributed by atoms with Gasteiger partial charge in [-0.05, 0) is 103 Å². The molecule has 0 aliphatic rings. The van der Waals surface area contributed by atoms with Crippen molar-refractivity contribution in [1.29, 1.82) is 0 Å². The molecule has 3 nitrogen and oxygen atoms in total. The van der Waals surface area contributed by atoms with Gasteiger partial charge in [-0.3, -0.25) is 0 Å². The summed E-state index contributed by atoms with van der Waals surface area (Å²) >= 11 is 1.86. The minimum Gasteiger partial charge on any atom is -0.456 e. The predicted octanol–water partition coefficient (Wildman–Crippen LogP) is 14.1. The number of furan rings is 1. The van der Waals surface area contributed by atoms with Crippen LogP contribution in [0.1, 0.15) is 5.56 Å². The molecular weight excluding hydrogens is 665 g/mol. The molecule has 0 saturated heterocycles. The highest BCUT2D eigenvalue weighted by atomic mass is 32.1. The lowest BCUT2D eigenvalue weighted by Crippen LogP contribution is -1.94. The van der Waals surface area contributed by atoms with Crippen LogP contribution in [0.25, 0.3) is 108 Å². The van der Waals surface area contributed by atoms with Crippen molar-refractivity contribution < 1.29 is 4.42 Å². The van der Waals surface area contributed by atoms with Gasteiger partial charge in [0.25, 0.3) is 0 Å². The van der Waals surface area contributed by atoms with Crippen LogP contribution in [0.4, 0.5) is 0 Å². The highest BCUT2D eigenvalue weighted by Gasteiger charge is 2.18. The smallest absolute Gasteiger partial charge is 0.135 e. The summed E-state index contributed by atoms with van der Waals surface area (Å²) in [6.07, 6.45) is 0. The molecule has 0 aliphatic carbocycles. The van der Waals surface area contributed by atoms with Crippen LogP contribution in [0.2, 0.25) is 0 Å². The fraction of sp³-hybridized carbons (Fsp3) is 0.0204. The summed E-state index contributed by atoms with van der Waals surface area (Å²) < 4.78 is 13.7. The SMILES string of the molecule is Cc1ccc2c(c1)c1cc(-c3ccc4c5ccccc5n(-c5ccc6oc7ccccc7c6c5)c4c3)ccc1n2-c1ccc2sc3ccccc3c2c1. The highest BCUT2D eigenvalue weighted by Crippen LogP contribution is 2.41. The van der Waals surface area contributed by atoms with Crippen LogP contribution >= 0.6 is 11.3 Å². The van der Waals surface area contributed by atoms with E-state index in [1.54, 1.807) is 0 Å². The molecule has 0 fully saturated rings. The summed E-state index contributed by atoms with van der Waals surface area (Å²) in [4.78, 5) is 0. The summed E-state index contributed by atoms with van der Waals surface area (Å²) in [5, 5.41) is 9.91. The molecule has 53 heavy (non-hydrogen) atoms. The van der Waals surface area contributed by atoms with E-state index in [0.29, 0.717) is 0 Å². The zero-order chi connectivity index (χ0) is 34.8. The minimum atomic E-state index is 0.905. The van der Waals surface area contributed by atoms with Crippen LogP contribution in [-0.4, -0.2) is 9.13 Å². The standard InChI is InChI=1S/C49H30N2OS/c1-29-14-20-43-38(24-29)39-25-30(16-21-44(39)50(43)33-18-23-49-41(28-33)37-10-4-7-13-48(37)53-49)31-15-19-35-34-8-2-5-11-42(34)51(45(35)26-31)32-17-22-47-40(27-32)36-9-3-6-12-46(36)52-47/h2-28H,1H3. The first-order valence-electron chi connectivity index (χ1n) is 18.1. The molecule has 0 aliphatic heterocycles. The Hall–Kier alpha value is -6.62. The van der Waals surface area contributed by atoms with E-state index < -0.39 is 0 Å². The molecule has 0 bridgehead atoms. The van der Waals surface area contributed by atoms with Gasteiger partial charge in [-0.1, -0.05) is 84.4 Å². The van der Waals surface area contributed by atoms with Crippen LogP contribution in [-0.2, 0) is 0 Å². The molecule has 0 spiro atoms. The summed E-state index contributed by atoms with van der Waals surface area (Å²) in [5.74, 6) is 0. The second-order valence-electron chi connectivity index (χ2n) is 14.2. The van der Waals surface area contributed by atoms with Gasteiger partial charge in [-0.15, -0.1) is 11.3 Å². The van der Waals surface area contributed by atoms with Gasteiger partial charge >= 0.3 is 0 Å². The Kier molecular flexibility index (Phi) is 5.86. The number of hydrogen-bond acceptors (Lipinski definition) is 2. The number of rotatable bonds is 3. The van der Waals surface area contributed by atoms with Crippen LogP contribution in [0, 0.1) is 6.92 Å². The summed E-state index contributed by atoms with van der Waals surface area (Å²) in [7, 11) is 0. The quantitative estimate of drug-likeness (QED) is 0.181. The minimum absolute atomic E-state index is 0.905. The number of thiophene rings is 1. The van der Waals surface area contributed by atoms with Gasteiger partial charge in [-0.25, -0.2) is 0 Å². The van der Waals surface area contributed by atoms with E-state index in [2.05, 4.69) is 168 Å². The van der Waals surface area contributed by atoms with E-state index in [1.165, 1.54) is 86.2 Å². The van der Waals surface area contributed by atoms with Crippen molar-refractivity contribution in [1.82, 2.24) is 9.13 Å². The van der Waals surface area contributed by atoms with Crippen LogP contribution in [0.3, 0.4) is 0 Å². The van der Waals surface area contributed by atoms with Crippen LogP contribution in [0.5, 0.6) is 0 Å².